The lowest BCUT2D eigenvalue weighted by Crippen LogP contribution is -2.33. The number of ether oxygens (including phenoxy) is 1. The van der Waals surface area contributed by atoms with Crippen molar-refractivity contribution in [2.75, 3.05) is 0 Å². The summed E-state index contributed by atoms with van der Waals surface area (Å²) in [5.41, 5.74) is -6.18. The second kappa shape index (κ2) is 6.00. The van der Waals surface area contributed by atoms with E-state index in [0.29, 0.717) is 0 Å². The highest BCUT2D eigenvalue weighted by Crippen LogP contribution is 2.33. The Bertz CT molecular complexity index is 802. The summed E-state index contributed by atoms with van der Waals surface area (Å²) < 4.78 is 69.3. The third kappa shape index (κ3) is 4.30. The number of carbonyl (C=O) groups is 1. The number of rotatable bonds is 2. The average molecular weight is 383 g/mol. The Labute approximate surface area is 142 Å². The molecule has 1 aliphatic rings. The van der Waals surface area contributed by atoms with Gasteiger partial charge in [0, 0.05) is 0 Å². The van der Waals surface area contributed by atoms with Gasteiger partial charge in [0.05, 0.1) is 24.3 Å². The summed E-state index contributed by atoms with van der Waals surface area (Å²) in [5, 5.41) is 0. The molecule has 2 rings (SSSR count). The Balaban J connectivity index is 2.31. The van der Waals surface area contributed by atoms with Crippen LogP contribution in [0.1, 0.15) is 37.9 Å². The number of hydrogen-bond donors (Lipinski definition) is 0. The van der Waals surface area contributed by atoms with Gasteiger partial charge in [0.25, 0.3) is 0 Å². The molecule has 0 aliphatic carbocycles. The molecule has 140 valence electrons. The number of aryl methyl sites for hydroxylation is 1. The van der Waals surface area contributed by atoms with Gasteiger partial charge in [-0.05, 0) is 27.7 Å². The molecule has 1 amide bonds. The molecule has 25 heavy (non-hydrogen) atoms. The number of nitrogens with zero attached hydrogens (tertiary/aromatic N) is 3. The lowest BCUT2D eigenvalue weighted by atomic mass is 10.2. The molecule has 0 N–H and O–H groups in total. The van der Waals surface area contributed by atoms with Gasteiger partial charge in [-0.25, -0.2) is 9.78 Å². The number of alkyl halides is 3. The van der Waals surface area contributed by atoms with Gasteiger partial charge in [0.2, 0.25) is 5.88 Å². The largest absolute Gasteiger partial charge is 0.534 e. The summed E-state index contributed by atoms with van der Waals surface area (Å²) in [7, 11) is -5.88. The molecular weight excluding hydrogens is 367 g/mol. The molecule has 2 heterocycles. The Kier molecular flexibility index (Phi) is 4.61. The van der Waals surface area contributed by atoms with Crippen molar-refractivity contribution in [3.63, 3.8) is 0 Å². The standard InChI is InChI=1S/C13H16F3N3O5S/c1-7-17-9-6-19(11(20)23-12(2,3)4)5-8(9)10(18-7)24-25(21,22)13(14,15)16/h5-6H2,1-4H3. The second-order valence-corrected chi connectivity index (χ2v) is 7.86. The molecule has 1 aliphatic heterocycles. The zero-order valence-corrected chi connectivity index (χ0v) is 14.7. The molecule has 0 spiro atoms. The van der Waals surface area contributed by atoms with E-state index in [2.05, 4.69) is 14.2 Å². The van der Waals surface area contributed by atoms with Crippen LogP contribution >= 0.6 is 0 Å². The minimum atomic E-state index is -5.88. The number of amides is 1. The SMILES string of the molecule is Cc1nc2c(c(OS(=O)(=O)C(F)(F)F)n1)CN(C(=O)OC(C)(C)C)C2. The first-order chi connectivity index (χ1) is 11.2. The van der Waals surface area contributed by atoms with Crippen molar-refractivity contribution >= 4 is 16.2 Å². The predicted molar refractivity (Wildman–Crippen MR) is 77.9 cm³/mol. The number of hydrogen-bond acceptors (Lipinski definition) is 7. The summed E-state index contributed by atoms with van der Waals surface area (Å²) in [6, 6.07) is 0. The van der Waals surface area contributed by atoms with Gasteiger partial charge in [0.1, 0.15) is 11.4 Å². The number of halogens is 3. The molecule has 0 bridgehead atoms. The van der Waals surface area contributed by atoms with Crippen molar-refractivity contribution < 1.29 is 35.3 Å². The minimum Gasteiger partial charge on any atom is -0.444 e. The average Bonchev–Trinajstić information content (AvgIpc) is 2.78. The highest BCUT2D eigenvalue weighted by atomic mass is 32.2. The monoisotopic (exact) mass is 383 g/mol. The number of carbonyl (C=O) groups excluding carboxylic acids is 1. The van der Waals surface area contributed by atoms with E-state index in [1.165, 1.54) is 6.92 Å². The third-order valence-electron chi connectivity index (χ3n) is 2.98. The molecule has 0 aromatic carbocycles. The maximum atomic E-state index is 12.5. The predicted octanol–water partition coefficient (Wildman–Crippen LogP) is 2.26. The molecular formula is C13H16F3N3O5S. The van der Waals surface area contributed by atoms with Gasteiger partial charge in [-0.1, -0.05) is 0 Å². The Morgan fingerprint density at radius 3 is 2.28 bits per heavy atom. The minimum absolute atomic E-state index is 0.00992. The summed E-state index contributed by atoms with van der Waals surface area (Å²) in [6.45, 7) is 6.04. The van der Waals surface area contributed by atoms with Crippen LogP contribution in [-0.4, -0.2) is 40.5 Å². The molecule has 1 aromatic heterocycles. The smallest absolute Gasteiger partial charge is 0.444 e. The number of aromatic nitrogens is 2. The Hall–Kier alpha value is -2.11. The van der Waals surface area contributed by atoms with Crippen LogP contribution in [0.3, 0.4) is 0 Å². The van der Waals surface area contributed by atoms with Crippen LogP contribution < -0.4 is 4.18 Å². The summed E-state index contributed by atoms with van der Waals surface area (Å²) in [5.74, 6) is -0.733. The van der Waals surface area contributed by atoms with E-state index in [-0.39, 0.29) is 30.2 Å². The van der Waals surface area contributed by atoms with E-state index in [0.717, 1.165) is 4.90 Å². The van der Waals surface area contributed by atoms with Crippen molar-refractivity contribution in [1.82, 2.24) is 14.9 Å². The van der Waals surface area contributed by atoms with Crippen LogP contribution in [0.2, 0.25) is 0 Å². The van der Waals surface area contributed by atoms with Crippen LogP contribution in [0.25, 0.3) is 0 Å². The van der Waals surface area contributed by atoms with Crippen molar-refractivity contribution in [1.29, 1.82) is 0 Å². The van der Waals surface area contributed by atoms with Crippen LogP contribution in [0.4, 0.5) is 18.0 Å². The lowest BCUT2D eigenvalue weighted by molar-refractivity contribution is -0.0502. The third-order valence-corrected chi connectivity index (χ3v) is 3.92. The zero-order valence-electron chi connectivity index (χ0n) is 13.8. The van der Waals surface area contributed by atoms with Crippen LogP contribution in [-0.2, 0) is 27.9 Å². The Morgan fingerprint density at radius 2 is 1.76 bits per heavy atom. The zero-order chi connectivity index (χ0) is 19.2. The van der Waals surface area contributed by atoms with Gasteiger partial charge in [-0.15, -0.1) is 0 Å². The van der Waals surface area contributed by atoms with Gasteiger partial charge >= 0.3 is 21.7 Å². The normalized spacial score (nSPS) is 15.1. The van der Waals surface area contributed by atoms with Crippen molar-refractivity contribution in [3.8, 4) is 5.88 Å². The van der Waals surface area contributed by atoms with Crippen LogP contribution in [0.15, 0.2) is 0 Å². The molecule has 0 radical (unpaired) electrons. The fraction of sp³-hybridized carbons (Fsp3) is 0.615. The molecule has 0 atom stereocenters. The van der Waals surface area contributed by atoms with Gasteiger partial charge in [-0.2, -0.15) is 26.6 Å². The summed E-state index contributed by atoms with van der Waals surface area (Å²) in [6.07, 6.45) is -0.715. The summed E-state index contributed by atoms with van der Waals surface area (Å²) in [4.78, 5) is 20.9. The van der Waals surface area contributed by atoms with E-state index >= 15 is 0 Å². The molecule has 8 nitrogen and oxygen atoms in total. The van der Waals surface area contributed by atoms with Gasteiger partial charge < -0.3 is 8.92 Å². The van der Waals surface area contributed by atoms with E-state index < -0.39 is 33.2 Å². The molecule has 0 fully saturated rings. The van der Waals surface area contributed by atoms with Crippen molar-refractivity contribution in [2.45, 2.75) is 51.9 Å². The first-order valence-corrected chi connectivity index (χ1v) is 8.45. The molecule has 0 saturated carbocycles. The van der Waals surface area contributed by atoms with E-state index in [9.17, 15) is 26.4 Å². The molecule has 1 aromatic rings. The lowest BCUT2D eigenvalue weighted by Gasteiger charge is -2.23. The quantitative estimate of drug-likeness (QED) is 0.571. The highest BCUT2D eigenvalue weighted by molar-refractivity contribution is 7.87. The van der Waals surface area contributed by atoms with Crippen molar-refractivity contribution in [2.24, 2.45) is 0 Å². The Morgan fingerprint density at radius 1 is 1.16 bits per heavy atom. The first-order valence-electron chi connectivity index (χ1n) is 7.05. The second-order valence-electron chi connectivity index (χ2n) is 6.32. The van der Waals surface area contributed by atoms with E-state index in [4.69, 9.17) is 4.74 Å². The summed E-state index contributed by atoms with van der Waals surface area (Å²) >= 11 is 0. The fourth-order valence-electron chi connectivity index (χ4n) is 2.02. The molecule has 0 saturated heterocycles. The fourth-order valence-corrected chi connectivity index (χ4v) is 2.46. The first kappa shape index (κ1) is 19.2. The van der Waals surface area contributed by atoms with Crippen LogP contribution in [0, 0.1) is 6.92 Å². The maximum Gasteiger partial charge on any atom is 0.534 e. The van der Waals surface area contributed by atoms with E-state index in [1.54, 1.807) is 20.8 Å². The molecule has 0 unspecified atom stereocenters. The maximum absolute atomic E-state index is 12.5. The topological polar surface area (TPSA) is 98.7 Å². The van der Waals surface area contributed by atoms with E-state index in [1.807, 2.05) is 0 Å². The van der Waals surface area contributed by atoms with Gasteiger partial charge in [0.15, 0.2) is 0 Å². The van der Waals surface area contributed by atoms with Crippen molar-refractivity contribution in [3.05, 3.63) is 17.1 Å². The highest BCUT2D eigenvalue weighted by Gasteiger charge is 2.49. The number of fused-ring (bicyclic) bond motifs is 1. The molecule has 12 heteroatoms. The van der Waals surface area contributed by atoms with Gasteiger partial charge in [-0.3, -0.25) is 4.90 Å². The van der Waals surface area contributed by atoms with Crippen LogP contribution in [0.5, 0.6) is 5.88 Å².